The summed E-state index contributed by atoms with van der Waals surface area (Å²) in [7, 11) is 0. The Bertz CT molecular complexity index is 910. The monoisotopic (exact) mass is 560 g/mol. The molecule has 4 rings (SSSR count). The van der Waals surface area contributed by atoms with Crippen LogP contribution in [0.15, 0.2) is 18.2 Å². The third-order valence-electron chi connectivity index (χ3n) is 6.20. The molecule has 0 unspecified atom stereocenters. The third-order valence-corrected chi connectivity index (χ3v) is 9.65. The molecule has 0 aromatic heterocycles. The Morgan fingerprint density at radius 3 is 2.37 bits per heavy atom. The van der Waals surface area contributed by atoms with Crippen molar-refractivity contribution in [1.29, 1.82) is 0 Å². The van der Waals surface area contributed by atoms with E-state index in [2.05, 4.69) is 37.2 Å². The van der Waals surface area contributed by atoms with Crippen molar-refractivity contribution in [3.63, 3.8) is 0 Å². The van der Waals surface area contributed by atoms with Crippen molar-refractivity contribution in [2.45, 2.75) is 23.0 Å². The van der Waals surface area contributed by atoms with Crippen molar-refractivity contribution in [2.75, 3.05) is 18.5 Å². The number of benzene rings is 1. The maximum absolute atomic E-state index is 12.8. The molecule has 1 aliphatic heterocycles. The van der Waals surface area contributed by atoms with Crippen LogP contribution in [0.1, 0.15) is 12.0 Å². The lowest BCUT2D eigenvalue weighted by molar-refractivity contribution is -0.154. The minimum absolute atomic E-state index is 0.0774. The smallest absolute Gasteiger partial charge is 0.326 e. The minimum Gasteiger partial charge on any atom is -0.454 e. The fourth-order valence-corrected chi connectivity index (χ4v) is 6.85. The molecule has 1 aromatic rings. The van der Waals surface area contributed by atoms with Gasteiger partial charge in [-0.1, -0.05) is 49.5 Å². The summed E-state index contributed by atoms with van der Waals surface area (Å²) in [6, 6.07) is 5.06. The Balaban J connectivity index is 1.32. The molecule has 3 fully saturated rings. The van der Waals surface area contributed by atoms with Crippen molar-refractivity contribution in [3.05, 3.63) is 28.8 Å². The van der Waals surface area contributed by atoms with Crippen LogP contribution in [0.4, 0.5) is 5.69 Å². The quantitative estimate of drug-likeness (QED) is 0.339. The van der Waals surface area contributed by atoms with E-state index < -0.39 is 25.0 Å². The Morgan fingerprint density at radius 2 is 1.77 bits per heavy atom. The highest BCUT2D eigenvalue weighted by Gasteiger charge is 2.66. The molecule has 0 spiro atoms. The molecule has 10 heteroatoms. The Morgan fingerprint density at radius 1 is 1.17 bits per heavy atom. The van der Waals surface area contributed by atoms with Crippen LogP contribution in [0.25, 0.3) is 0 Å². The average Bonchev–Trinajstić information content (AvgIpc) is 3.30. The molecule has 2 aliphatic carbocycles. The minimum atomic E-state index is -0.798. The first kappa shape index (κ1) is 21.8. The van der Waals surface area contributed by atoms with E-state index in [1.54, 1.807) is 18.2 Å². The van der Waals surface area contributed by atoms with Crippen LogP contribution in [0.3, 0.4) is 0 Å². The predicted octanol–water partition coefficient (Wildman–Crippen LogP) is 2.91. The second kappa shape index (κ2) is 8.24. The number of amides is 3. The fraction of sp³-hybridized carbons (Fsp3) is 0.500. The molecule has 1 aromatic carbocycles. The van der Waals surface area contributed by atoms with Gasteiger partial charge in [0.25, 0.3) is 5.91 Å². The molecule has 1 N–H and O–H groups in total. The van der Waals surface area contributed by atoms with Gasteiger partial charge in [0, 0.05) is 20.4 Å². The summed E-state index contributed by atoms with van der Waals surface area (Å²) in [5, 5.41) is 3.09. The molecule has 2 saturated carbocycles. The molecule has 7 nitrogen and oxygen atoms in total. The summed E-state index contributed by atoms with van der Waals surface area (Å²) in [4.78, 5) is 51.1. The van der Waals surface area contributed by atoms with Crippen LogP contribution < -0.4 is 5.32 Å². The average molecular weight is 563 g/mol. The van der Waals surface area contributed by atoms with E-state index >= 15 is 0 Å². The second-order valence-electron chi connectivity index (χ2n) is 7.93. The van der Waals surface area contributed by atoms with Crippen LogP contribution in [-0.2, 0) is 23.9 Å². The van der Waals surface area contributed by atoms with Gasteiger partial charge < -0.3 is 10.1 Å². The molecular weight excluding hydrogens is 543 g/mol. The van der Waals surface area contributed by atoms with Gasteiger partial charge in [-0.15, -0.1) is 0 Å². The number of halogens is 3. The van der Waals surface area contributed by atoms with Crippen molar-refractivity contribution >= 4 is 72.8 Å². The first-order chi connectivity index (χ1) is 14.2. The number of carbonyl (C=O) groups excluding carboxylic acids is 4. The van der Waals surface area contributed by atoms with E-state index in [1.807, 2.05) is 6.92 Å². The van der Waals surface area contributed by atoms with Gasteiger partial charge in [-0.25, -0.2) is 0 Å². The molecule has 6 atom stereocenters. The second-order valence-corrected chi connectivity index (χ2v) is 10.5. The number of imide groups is 1. The zero-order chi connectivity index (χ0) is 21.7. The number of hydrogen-bond acceptors (Lipinski definition) is 5. The summed E-state index contributed by atoms with van der Waals surface area (Å²) in [6.45, 7) is 0.807. The molecule has 160 valence electrons. The topological polar surface area (TPSA) is 92.8 Å². The number of nitrogens with one attached hydrogen (secondary N) is 1. The normalized spacial score (nSPS) is 31.8. The number of ether oxygens (including phenoxy) is 1. The molecule has 0 radical (unpaired) electrons. The van der Waals surface area contributed by atoms with Crippen LogP contribution in [-0.4, -0.2) is 51.4 Å². The van der Waals surface area contributed by atoms with Gasteiger partial charge >= 0.3 is 5.97 Å². The van der Waals surface area contributed by atoms with Gasteiger partial charge in [0.15, 0.2) is 6.61 Å². The lowest BCUT2D eigenvalue weighted by Crippen LogP contribution is -2.38. The van der Waals surface area contributed by atoms with Crippen molar-refractivity contribution in [1.82, 2.24) is 4.90 Å². The molecule has 3 amide bonds. The van der Waals surface area contributed by atoms with Crippen LogP contribution in [0, 0.1) is 30.6 Å². The number of rotatable bonds is 5. The number of fused-ring (bicyclic) bond motifs is 5. The van der Waals surface area contributed by atoms with Gasteiger partial charge in [-0.3, -0.25) is 24.1 Å². The Labute approximate surface area is 195 Å². The SMILES string of the molecule is Cc1ccc(Cl)cc1NC(=O)COC(=O)CN1C(=O)[C@@H]2[C@H]3C[C@@H]([C@@H](Br)[C@H]3Br)[C@H]2C1=O. The Kier molecular flexibility index (Phi) is 5.98. The van der Waals surface area contributed by atoms with Crippen LogP contribution >= 0.6 is 43.5 Å². The number of hydrogen-bond donors (Lipinski definition) is 1. The first-order valence-corrected chi connectivity index (χ1v) is 11.7. The summed E-state index contributed by atoms with van der Waals surface area (Å²) < 4.78 is 4.99. The van der Waals surface area contributed by atoms with E-state index in [1.165, 1.54) is 0 Å². The lowest BCUT2D eigenvalue weighted by Gasteiger charge is -2.28. The van der Waals surface area contributed by atoms with Gasteiger partial charge in [-0.05, 0) is 42.9 Å². The summed E-state index contributed by atoms with van der Waals surface area (Å²) in [5.74, 6) is -2.60. The molecule has 1 heterocycles. The number of carbonyl (C=O) groups is 4. The first-order valence-electron chi connectivity index (χ1n) is 9.54. The van der Waals surface area contributed by atoms with Crippen LogP contribution in [0.2, 0.25) is 5.02 Å². The zero-order valence-corrected chi connectivity index (χ0v) is 19.9. The van der Waals surface area contributed by atoms with E-state index in [0.29, 0.717) is 10.7 Å². The van der Waals surface area contributed by atoms with E-state index in [0.717, 1.165) is 16.9 Å². The summed E-state index contributed by atoms with van der Waals surface area (Å²) >= 11 is 13.2. The predicted molar refractivity (Wildman–Crippen MR) is 117 cm³/mol. The maximum Gasteiger partial charge on any atom is 0.326 e. The van der Waals surface area contributed by atoms with Gasteiger partial charge in [0.2, 0.25) is 11.8 Å². The highest BCUT2D eigenvalue weighted by molar-refractivity contribution is 9.12. The maximum atomic E-state index is 12.8. The number of aryl methyl sites for hydroxylation is 1. The standard InChI is InChI=1S/C20H19Br2ClN2O5/c1-8-2-3-9(23)4-12(8)24-13(26)7-30-14(27)6-25-19(28)15-10-5-11(16(15)20(25)29)18(22)17(10)21/h2-4,10-11,15-18H,5-7H2,1H3,(H,24,26)/t10-,11-,15-,16-,17-,18+/m1/s1. The van der Waals surface area contributed by atoms with Crippen molar-refractivity contribution in [3.8, 4) is 0 Å². The van der Waals surface area contributed by atoms with Crippen LogP contribution in [0.5, 0.6) is 0 Å². The molecule has 3 aliphatic rings. The highest BCUT2D eigenvalue weighted by atomic mass is 79.9. The van der Waals surface area contributed by atoms with Gasteiger partial charge in [-0.2, -0.15) is 0 Å². The fourth-order valence-electron chi connectivity index (χ4n) is 4.80. The third kappa shape index (κ3) is 3.69. The largest absolute Gasteiger partial charge is 0.454 e. The van der Waals surface area contributed by atoms with Gasteiger partial charge in [0.1, 0.15) is 6.54 Å². The number of alkyl halides is 2. The lowest BCUT2D eigenvalue weighted by atomic mass is 9.81. The van der Waals surface area contributed by atoms with Gasteiger partial charge in [0.05, 0.1) is 11.8 Å². The Hall–Kier alpha value is -1.45. The van der Waals surface area contributed by atoms with E-state index in [-0.39, 0.29) is 45.1 Å². The summed E-state index contributed by atoms with van der Waals surface area (Å²) in [5.41, 5.74) is 1.33. The van der Waals surface area contributed by atoms with E-state index in [9.17, 15) is 19.2 Å². The molecule has 2 bridgehead atoms. The summed E-state index contributed by atoms with van der Waals surface area (Å²) in [6.07, 6.45) is 0.819. The molecule has 1 saturated heterocycles. The number of esters is 1. The van der Waals surface area contributed by atoms with Crippen molar-refractivity contribution in [2.24, 2.45) is 23.7 Å². The number of likely N-dealkylation sites (tertiary alicyclic amines) is 1. The number of anilines is 1. The molecule has 30 heavy (non-hydrogen) atoms. The molecular formula is C20H19Br2ClN2O5. The number of nitrogens with zero attached hydrogens (tertiary/aromatic N) is 1. The van der Waals surface area contributed by atoms with E-state index in [4.69, 9.17) is 16.3 Å². The zero-order valence-electron chi connectivity index (χ0n) is 15.9. The van der Waals surface area contributed by atoms with Crippen molar-refractivity contribution < 1.29 is 23.9 Å². The highest BCUT2D eigenvalue weighted by Crippen LogP contribution is 2.60.